The van der Waals surface area contributed by atoms with Gasteiger partial charge in [-0.15, -0.1) is 0 Å². The van der Waals surface area contributed by atoms with E-state index in [0.717, 1.165) is 13.0 Å². The van der Waals surface area contributed by atoms with E-state index in [-0.39, 0.29) is 6.04 Å². The van der Waals surface area contributed by atoms with Crippen molar-refractivity contribution < 1.29 is 4.74 Å². The van der Waals surface area contributed by atoms with Crippen LogP contribution in [0.3, 0.4) is 0 Å². The fourth-order valence-electron chi connectivity index (χ4n) is 1.70. The zero-order chi connectivity index (χ0) is 11.3. The molecule has 2 N–H and O–H groups in total. The van der Waals surface area contributed by atoms with Crippen molar-refractivity contribution in [3.63, 3.8) is 0 Å². The average molecular weight is 207 g/mol. The maximum Gasteiger partial charge on any atom is 0.0502 e. The molecule has 2 nitrogen and oxygen atoms in total. The fourth-order valence-corrected chi connectivity index (χ4v) is 1.70. The Morgan fingerprint density at radius 3 is 2.73 bits per heavy atom. The van der Waals surface area contributed by atoms with Crippen LogP contribution >= 0.6 is 0 Å². The SMILES string of the molecule is COCC(C)C(N)Cc1cccc(C)c1. The molecule has 0 radical (unpaired) electrons. The zero-order valence-electron chi connectivity index (χ0n) is 9.86. The molecule has 0 fully saturated rings. The molecule has 2 unspecified atom stereocenters. The van der Waals surface area contributed by atoms with Crippen molar-refractivity contribution in [1.82, 2.24) is 0 Å². The van der Waals surface area contributed by atoms with Crippen LogP contribution in [0.2, 0.25) is 0 Å². The first kappa shape index (κ1) is 12.2. The fraction of sp³-hybridized carbons (Fsp3) is 0.538. The minimum Gasteiger partial charge on any atom is -0.384 e. The summed E-state index contributed by atoms with van der Waals surface area (Å²) in [6.07, 6.45) is 0.923. The van der Waals surface area contributed by atoms with Crippen LogP contribution in [-0.2, 0) is 11.2 Å². The molecule has 15 heavy (non-hydrogen) atoms. The third kappa shape index (κ3) is 4.02. The van der Waals surface area contributed by atoms with Crippen LogP contribution in [0, 0.1) is 12.8 Å². The zero-order valence-corrected chi connectivity index (χ0v) is 9.86. The van der Waals surface area contributed by atoms with E-state index in [0.29, 0.717) is 5.92 Å². The van der Waals surface area contributed by atoms with E-state index in [1.165, 1.54) is 11.1 Å². The first-order valence-electron chi connectivity index (χ1n) is 5.43. The number of nitrogens with two attached hydrogens (primary N) is 1. The third-order valence-electron chi connectivity index (χ3n) is 2.71. The Morgan fingerprint density at radius 2 is 2.13 bits per heavy atom. The van der Waals surface area contributed by atoms with Gasteiger partial charge in [-0.05, 0) is 24.8 Å². The summed E-state index contributed by atoms with van der Waals surface area (Å²) in [7, 11) is 1.72. The predicted molar refractivity (Wildman–Crippen MR) is 63.9 cm³/mol. The lowest BCUT2D eigenvalue weighted by Crippen LogP contribution is -2.33. The van der Waals surface area contributed by atoms with Crippen LogP contribution in [0.15, 0.2) is 24.3 Å². The van der Waals surface area contributed by atoms with Gasteiger partial charge in [0.2, 0.25) is 0 Å². The second-order valence-electron chi connectivity index (χ2n) is 4.29. The van der Waals surface area contributed by atoms with Crippen LogP contribution in [0.5, 0.6) is 0 Å². The topological polar surface area (TPSA) is 35.2 Å². The lowest BCUT2D eigenvalue weighted by molar-refractivity contribution is 0.147. The van der Waals surface area contributed by atoms with Gasteiger partial charge in [-0.25, -0.2) is 0 Å². The first-order chi connectivity index (χ1) is 7.13. The number of hydrogen-bond donors (Lipinski definition) is 1. The van der Waals surface area contributed by atoms with Gasteiger partial charge in [0.15, 0.2) is 0 Å². The molecule has 0 amide bonds. The van der Waals surface area contributed by atoms with Crippen LogP contribution < -0.4 is 5.73 Å². The molecule has 1 aromatic carbocycles. The highest BCUT2D eigenvalue weighted by Crippen LogP contribution is 2.10. The lowest BCUT2D eigenvalue weighted by Gasteiger charge is -2.19. The molecule has 2 atom stereocenters. The molecule has 0 aliphatic carbocycles. The van der Waals surface area contributed by atoms with E-state index in [9.17, 15) is 0 Å². The van der Waals surface area contributed by atoms with E-state index in [4.69, 9.17) is 10.5 Å². The largest absolute Gasteiger partial charge is 0.384 e. The summed E-state index contributed by atoms with van der Waals surface area (Å²) in [6, 6.07) is 8.68. The molecule has 0 bridgehead atoms. The molecule has 0 aromatic heterocycles. The van der Waals surface area contributed by atoms with Gasteiger partial charge in [-0.1, -0.05) is 36.8 Å². The molecular weight excluding hydrogens is 186 g/mol. The molecule has 0 saturated carbocycles. The highest BCUT2D eigenvalue weighted by molar-refractivity contribution is 5.23. The molecule has 0 aliphatic rings. The van der Waals surface area contributed by atoms with Gasteiger partial charge in [0.05, 0.1) is 6.61 Å². The van der Waals surface area contributed by atoms with Gasteiger partial charge in [-0.3, -0.25) is 0 Å². The van der Waals surface area contributed by atoms with E-state index in [2.05, 4.69) is 38.1 Å². The monoisotopic (exact) mass is 207 g/mol. The number of benzene rings is 1. The van der Waals surface area contributed by atoms with Crippen molar-refractivity contribution >= 4 is 0 Å². The van der Waals surface area contributed by atoms with Crippen LogP contribution in [0.1, 0.15) is 18.1 Å². The minimum absolute atomic E-state index is 0.173. The van der Waals surface area contributed by atoms with Gasteiger partial charge < -0.3 is 10.5 Å². The van der Waals surface area contributed by atoms with Gasteiger partial charge in [0, 0.05) is 13.2 Å². The second-order valence-corrected chi connectivity index (χ2v) is 4.29. The second kappa shape index (κ2) is 5.89. The third-order valence-corrected chi connectivity index (χ3v) is 2.71. The Bertz CT molecular complexity index is 298. The summed E-state index contributed by atoms with van der Waals surface area (Å²) in [6.45, 7) is 4.96. The quantitative estimate of drug-likeness (QED) is 0.803. The maximum absolute atomic E-state index is 6.11. The molecule has 1 aromatic rings. The normalized spacial score (nSPS) is 14.9. The Balaban J connectivity index is 2.54. The standard InChI is InChI=1S/C13H21NO/c1-10-5-4-6-12(7-10)8-13(14)11(2)9-15-3/h4-7,11,13H,8-9,14H2,1-3H3. The van der Waals surface area contributed by atoms with Crippen molar-refractivity contribution in [1.29, 1.82) is 0 Å². The van der Waals surface area contributed by atoms with E-state index in [1.54, 1.807) is 7.11 Å². The number of aryl methyl sites for hydroxylation is 1. The summed E-state index contributed by atoms with van der Waals surface area (Å²) in [5.41, 5.74) is 8.71. The lowest BCUT2D eigenvalue weighted by atomic mass is 9.96. The van der Waals surface area contributed by atoms with Gasteiger partial charge >= 0.3 is 0 Å². The van der Waals surface area contributed by atoms with Crippen molar-refractivity contribution in [2.45, 2.75) is 26.3 Å². The molecular formula is C13H21NO. The van der Waals surface area contributed by atoms with Crippen molar-refractivity contribution in [3.8, 4) is 0 Å². The summed E-state index contributed by atoms with van der Waals surface area (Å²) < 4.78 is 5.11. The van der Waals surface area contributed by atoms with E-state index >= 15 is 0 Å². The molecule has 84 valence electrons. The van der Waals surface area contributed by atoms with Crippen LogP contribution in [0.25, 0.3) is 0 Å². The van der Waals surface area contributed by atoms with E-state index < -0.39 is 0 Å². The number of rotatable bonds is 5. The predicted octanol–water partition coefficient (Wildman–Crippen LogP) is 2.15. The summed E-state index contributed by atoms with van der Waals surface area (Å²) in [4.78, 5) is 0. The van der Waals surface area contributed by atoms with Gasteiger partial charge in [-0.2, -0.15) is 0 Å². The maximum atomic E-state index is 6.11. The molecule has 0 heterocycles. The minimum atomic E-state index is 0.173. The Labute approximate surface area is 92.4 Å². The first-order valence-corrected chi connectivity index (χ1v) is 5.43. The summed E-state index contributed by atoms with van der Waals surface area (Å²) >= 11 is 0. The molecule has 0 saturated heterocycles. The Kier molecular flexibility index (Phi) is 4.79. The molecule has 0 aliphatic heterocycles. The molecule has 1 rings (SSSR count). The highest BCUT2D eigenvalue weighted by atomic mass is 16.5. The smallest absolute Gasteiger partial charge is 0.0502 e. The Morgan fingerprint density at radius 1 is 1.40 bits per heavy atom. The van der Waals surface area contributed by atoms with Crippen molar-refractivity contribution in [3.05, 3.63) is 35.4 Å². The molecule has 0 spiro atoms. The van der Waals surface area contributed by atoms with Crippen molar-refractivity contribution in [2.75, 3.05) is 13.7 Å². The van der Waals surface area contributed by atoms with Gasteiger partial charge in [0.1, 0.15) is 0 Å². The Hall–Kier alpha value is -0.860. The van der Waals surface area contributed by atoms with Gasteiger partial charge in [0.25, 0.3) is 0 Å². The van der Waals surface area contributed by atoms with Crippen molar-refractivity contribution in [2.24, 2.45) is 11.7 Å². The number of methoxy groups -OCH3 is 1. The average Bonchev–Trinajstić information content (AvgIpc) is 2.18. The van der Waals surface area contributed by atoms with E-state index in [1.807, 2.05) is 0 Å². The number of hydrogen-bond acceptors (Lipinski definition) is 2. The van der Waals surface area contributed by atoms with Crippen LogP contribution in [0.4, 0.5) is 0 Å². The summed E-state index contributed by atoms with van der Waals surface area (Å²) in [5, 5.41) is 0. The molecule has 2 heteroatoms. The number of ether oxygens (including phenoxy) is 1. The summed E-state index contributed by atoms with van der Waals surface area (Å²) in [5.74, 6) is 0.399. The van der Waals surface area contributed by atoms with Crippen LogP contribution in [-0.4, -0.2) is 19.8 Å². The highest BCUT2D eigenvalue weighted by Gasteiger charge is 2.12.